The van der Waals surface area contributed by atoms with E-state index < -0.39 is 0 Å². The summed E-state index contributed by atoms with van der Waals surface area (Å²) in [5.74, 6) is 0.638. The molecule has 0 radical (unpaired) electrons. The van der Waals surface area contributed by atoms with Crippen molar-refractivity contribution in [3.63, 3.8) is 0 Å². The maximum absolute atomic E-state index is 11.2. The van der Waals surface area contributed by atoms with E-state index in [4.69, 9.17) is 4.74 Å². The highest BCUT2D eigenvalue weighted by atomic mass is 16.6. The first-order chi connectivity index (χ1) is 7.49. The zero-order valence-corrected chi connectivity index (χ0v) is 10.6. The van der Waals surface area contributed by atoms with Crippen LogP contribution >= 0.6 is 0 Å². The van der Waals surface area contributed by atoms with Crippen LogP contribution < -0.4 is 0 Å². The van der Waals surface area contributed by atoms with Crippen LogP contribution in [0.4, 0.5) is 0 Å². The molecule has 2 unspecified atom stereocenters. The maximum atomic E-state index is 11.2. The molecule has 0 saturated carbocycles. The fourth-order valence-electron chi connectivity index (χ4n) is 2.54. The van der Waals surface area contributed by atoms with Crippen LogP contribution in [0.5, 0.6) is 0 Å². The average Bonchev–Trinajstić information content (AvgIpc) is 2.84. The largest absolute Gasteiger partial charge is 0.367 e. The smallest absolute Gasteiger partial charge is 0.133 e. The Morgan fingerprint density at radius 2 is 2.25 bits per heavy atom. The third kappa shape index (κ3) is 2.73. The van der Waals surface area contributed by atoms with Crippen LogP contribution in [-0.4, -0.2) is 17.5 Å². The van der Waals surface area contributed by atoms with Crippen molar-refractivity contribution in [2.45, 2.75) is 64.6 Å². The minimum atomic E-state index is 0.122. The number of ketones is 1. The summed E-state index contributed by atoms with van der Waals surface area (Å²) in [6.07, 6.45) is 8.15. The summed E-state index contributed by atoms with van der Waals surface area (Å²) in [5, 5.41) is 0. The number of carbonyl (C=O) groups is 1. The van der Waals surface area contributed by atoms with Crippen molar-refractivity contribution in [1.29, 1.82) is 0 Å². The first-order valence-electron chi connectivity index (χ1n) is 6.35. The second-order valence-electron chi connectivity index (χ2n) is 5.69. The van der Waals surface area contributed by atoms with Gasteiger partial charge in [0, 0.05) is 5.92 Å². The Labute approximate surface area is 98.1 Å². The van der Waals surface area contributed by atoms with Gasteiger partial charge in [-0.25, -0.2) is 0 Å². The molecule has 2 rings (SSSR count). The van der Waals surface area contributed by atoms with Crippen molar-refractivity contribution in [2.24, 2.45) is 5.92 Å². The Kier molecular flexibility index (Phi) is 3.20. The summed E-state index contributed by atoms with van der Waals surface area (Å²) in [5.41, 5.74) is 1.65. The lowest BCUT2D eigenvalue weighted by molar-refractivity contribution is -0.120. The number of hydrogen-bond acceptors (Lipinski definition) is 2. The molecule has 0 N–H and O–H groups in total. The highest BCUT2D eigenvalue weighted by Crippen LogP contribution is 2.40. The fraction of sp³-hybridized carbons (Fsp3) is 0.786. The van der Waals surface area contributed by atoms with Gasteiger partial charge in [0.1, 0.15) is 5.78 Å². The molecular weight excluding hydrogens is 200 g/mol. The van der Waals surface area contributed by atoms with Gasteiger partial charge in [-0.15, -0.1) is 0 Å². The zero-order valence-electron chi connectivity index (χ0n) is 10.6. The van der Waals surface area contributed by atoms with Crippen molar-refractivity contribution in [2.75, 3.05) is 0 Å². The standard InChI is InChI=1S/C14H22O2/c1-10(15)12-7-4-11(5-8-12)6-9-13-14(2,3)16-13/h4,12-13H,5-9H2,1-3H3. The number of carbonyl (C=O) groups excluding carboxylic acids is 1. The van der Waals surface area contributed by atoms with Crippen molar-refractivity contribution >= 4 is 5.78 Å². The van der Waals surface area contributed by atoms with Gasteiger partial charge < -0.3 is 4.74 Å². The molecule has 2 atom stereocenters. The first kappa shape index (κ1) is 11.8. The topological polar surface area (TPSA) is 29.6 Å². The van der Waals surface area contributed by atoms with Gasteiger partial charge in [-0.2, -0.15) is 0 Å². The van der Waals surface area contributed by atoms with Gasteiger partial charge in [-0.3, -0.25) is 4.79 Å². The van der Waals surface area contributed by atoms with Gasteiger partial charge in [-0.1, -0.05) is 11.6 Å². The summed E-state index contributed by atoms with van der Waals surface area (Å²) in [6, 6.07) is 0. The summed E-state index contributed by atoms with van der Waals surface area (Å²) >= 11 is 0. The van der Waals surface area contributed by atoms with Gasteiger partial charge in [0.2, 0.25) is 0 Å². The second kappa shape index (κ2) is 4.33. The van der Waals surface area contributed by atoms with Crippen LogP contribution in [0.3, 0.4) is 0 Å². The van der Waals surface area contributed by atoms with Crippen molar-refractivity contribution in [3.8, 4) is 0 Å². The molecule has 0 aromatic heterocycles. The van der Waals surface area contributed by atoms with Gasteiger partial charge in [0.05, 0.1) is 11.7 Å². The summed E-state index contributed by atoms with van der Waals surface area (Å²) < 4.78 is 5.57. The van der Waals surface area contributed by atoms with Gasteiger partial charge >= 0.3 is 0 Å². The Balaban J connectivity index is 1.74. The quantitative estimate of drug-likeness (QED) is 0.539. The number of hydrogen-bond donors (Lipinski definition) is 0. The lowest BCUT2D eigenvalue weighted by Crippen LogP contribution is -2.14. The molecule has 0 amide bonds. The average molecular weight is 222 g/mol. The SMILES string of the molecule is CC(=O)C1CC=C(CCC2OC2(C)C)CC1. The van der Waals surface area contributed by atoms with Crippen molar-refractivity contribution in [3.05, 3.63) is 11.6 Å². The minimum absolute atomic E-state index is 0.122. The van der Waals surface area contributed by atoms with E-state index in [-0.39, 0.29) is 11.5 Å². The van der Waals surface area contributed by atoms with Crippen molar-refractivity contribution < 1.29 is 9.53 Å². The van der Waals surface area contributed by atoms with Crippen LogP contribution in [0, 0.1) is 5.92 Å². The molecule has 1 aliphatic carbocycles. The van der Waals surface area contributed by atoms with Crippen LogP contribution in [0.2, 0.25) is 0 Å². The Morgan fingerprint density at radius 3 is 2.69 bits per heavy atom. The van der Waals surface area contributed by atoms with Crippen LogP contribution in [0.1, 0.15) is 52.9 Å². The van der Waals surface area contributed by atoms with E-state index in [1.807, 2.05) is 0 Å². The monoisotopic (exact) mass is 222 g/mol. The molecule has 0 bridgehead atoms. The van der Waals surface area contributed by atoms with E-state index in [9.17, 15) is 4.79 Å². The molecule has 2 aliphatic rings. The van der Waals surface area contributed by atoms with E-state index in [0.717, 1.165) is 32.1 Å². The number of allylic oxidation sites excluding steroid dienone is 2. The van der Waals surface area contributed by atoms with E-state index >= 15 is 0 Å². The van der Waals surface area contributed by atoms with Crippen LogP contribution in [0.25, 0.3) is 0 Å². The predicted molar refractivity (Wildman–Crippen MR) is 64.3 cm³/mol. The molecule has 0 aromatic carbocycles. The third-order valence-electron chi connectivity index (χ3n) is 3.97. The second-order valence-corrected chi connectivity index (χ2v) is 5.69. The molecule has 1 heterocycles. The lowest BCUT2D eigenvalue weighted by atomic mass is 9.85. The molecule has 0 aromatic rings. The fourth-order valence-corrected chi connectivity index (χ4v) is 2.54. The van der Waals surface area contributed by atoms with E-state index in [0.29, 0.717) is 11.9 Å². The van der Waals surface area contributed by atoms with Gasteiger partial charge in [0.25, 0.3) is 0 Å². The normalized spacial score (nSPS) is 32.1. The van der Waals surface area contributed by atoms with E-state index in [1.54, 1.807) is 6.92 Å². The molecule has 1 saturated heterocycles. The Bertz CT molecular complexity index is 315. The predicted octanol–water partition coefficient (Wildman–Crippen LogP) is 3.26. The molecule has 16 heavy (non-hydrogen) atoms. The van der Waals surface area contributed by atoms with Crippen LogP contribution in [0.15, 0.2) is 11.6 Å². The summed E-state index contributed by atoms with van der Waals surface area (Å²) in [7, 11) is 0. The van der Waals surface area contributed by atoms with E-state index in [1.165, 1.54) is 5.57 Å². The van der Waals surface area contributed by atoms with Crippen LogP contribution in [-0.2, 0) is 9.53 Å². The summed E-state index contributed by atoms with van der Waals surface area (Å²) in [6.45, 7) is 6.02. The van der Waals surface area contributed by atoms with Gasteiger partial charge in [-0.05, 0) is 52.9 Å². The van der Waals surface area contributed by atoms with Crippen molar-refractivity contribution in [1.82, 2.24) is 0 Å². The highest BCUT2D eigenvalue weighted by Gasteiger charge is 2.46. The number of ether oxygens (including phenoxy) is 1. The van der Waals surface area contributed by atoms with Gasteiger partial charge in [0.15, 0.2) is 0 Å². The molecule has 2 nitrogen and oxygen atoms in total. The molecule has 90 valence electrons. The Hall–Kier alpha value is -0.630. The third-order valence-corrected chi connectivity index (χ3v) is 3.97. The summed E-state index contributed by atoms with van der Waals surface area (Å²) in [4.78, 5) is 11.2. The number of Topliss-reactive ketones (excluding diaryl/α,β-unsaturated/α-hetero) is 1. The minimum Gasteiger partial charge on any atom is -0.367 e. The lowest BCUT2D eigenvalue weighted by Gasteiger charge is -2.19. The zero-order chi connectivity index (χ0) is 11.8. The molecule has 1 aliphatic heterocycles. The molecule has 0 spiro atoms. The van der Waals surface area contributed by atoms with E-state index in [2.05, 4.69) is 19.9 Å². The molecule has 1 fully saturated rings. The Morgan fingerprint density at radius 1 is 1.56 bits per heavy atom. The highest BCUT2D eigenvalue weighted by molar-refractivity contribution is 5.78. The maximum Gasteiger partial charge on any atom is 0.133 e. The number of rotatable bonds is 4. The molecular formula is C14H22O2. The molecule has 2 heteroatoms. The first-order valence-corrected chi connectivity index (χ1v) is 6.35. The number of epoxide rings is 1.